The summed E-state index contributed by atoms with van der Waals surface area (Å²) in [5.74, 6) is 1.87. The van der Waals surface area contributed by atoms with Gasteiger partial charge in [-0.05, 0) is 96.7 Å². The highest BCUT2D eigenvalue weighted by Gasteiger charge is 2.47. The number of rotatable bonds is 11. The van der Waals surface area contributed by atoms with E-state index >= 15 is 0 Å². The quantitative estimate of drug-likeness (QED) is 0.206. The van der Waals surface area contributed by atoms with Gasteiger partial charge in [0.05, 0.1) is 18.8 Å². The highest BCUT2D eigenvalue weighted by molar-refractivity contribution is 5.90. The predicted molar refractivity (Wildman–Crippen MR) is 156 cm³/mol. The number of benzene rings is 3. The average Bonchev–Trinajstić information content (AvgIpc) is 3.30. The zero-order valence-electron chi connectivity index (χ0n) is 23.4. The minimum absolute atomic E-state index is 0.135. The summed E-state index contributed by atoms with van der Waals surface area (Å²) in [7, 11) is 1.74. The highest BCUT2D eigenvalue weighted by Crippen LogP contribution is 2.49. The largest absolute Gasteiger partial charge is 0.496 e. The molecule has 0 unspecified atom stereocenters. The Hall–Kier alpha value is -3.11. The smallest absolute Gasteiger partial charge is 0.338 e. The molecule has 206 valence electrons. The molecule has 0 aromatic heterocycles. The van der Waals surface area contributed by atoms with E-state index in [1.807, 2.05) is 42.5 Å². The number of methoxy groups -OCH3 is 1. The summed E-state index contributed by atoms with van der Waals surface area (Å²) in [6.07, 6.45) is 8.28. The number of hydrogen-bond acceptors (Lipinski definition) is 4. The molecule has 1 saturated carbocycles. The van der Waals surface area contributed by atoms with Gasteiger partial charge < -0.3 is 14.6 Å². The lowest BCUT2D eigenvalue weighted by molar-refractivity contribution is 0.0137. The standard InChI is InChI=1S/C35H42O4/c1-3-4-6-13-29(36)19-20-30-31-21-27-12-9-14-33(38-2)32(27)22-28(31)23-34(30)39-35(37)26-17-15-25(16-18-26)24-10-7-5-8-11-24/h5,7-12,14-18,28-31,34,36H,3-4,6,13,19-23H2,1-2H3/t28-,29-,30+,31-,34+/m0/s1. The second-order valence-corrected chi connectivity index (χ2v) is 11.4. The molecular weight excluding hydrogens is 484 g/mol. The number of aliphatic hydroxyl groups excluding tert-OH is 1. The molecule has 0 amide bonds. The molecule has 2 aliphatic carbocycles. The fourth-order valence-electron chi connectivity index (χ4n) is 6.90. The molecule has 3 aromatic carbocycles. The summed E-state index contributed by atoms with van der Waals surface area (Å²) in [6.45, 7) is 2.19. The van der Waals surface area contributed by atoms with E-state index in [0.717, 1.165) is 74.7 Å². The van der Waals surface area contributed by atoms with Crippen LogP contribution in [0.1, 0.15) is 73.4 Å². The van der Waals surface area contributed by atoms with Gasteiger partial charge in [-0.25, -0.2) is 4.79 Å². The Balaban J connectivity index is 1.31. The van der Waals surface area contributed by atoms with Gasteiger partial charge in [0.2, 0.25) is 0 Å². The van der Waals surface area contributed by atoms with Crippen LogP contribution in [0.4, 0.5) is 0 Å². The van der Waals surface area contributed by atoms with Crippen molar-refractivity contribution in [3.63, 3.8) is 0 Å². The molecule has 0 saturated heterocycles. The van der Waals surface area contributed by atoms with Crippen molar-refractivity contribution in [2.24, 2.45) is 17.8 Å². The van der Waals surface area contributed by atoms with Crippen LogP contribution in [0, 0.1) is 17.8 Å². The van der Waals surface area contributed by atoms with Gasteiger partial charge in [-0.3, -0.25) is 0 Å². The van der Waals surface area contributed by atoms with Gasteiger partial charge in [0.15, 0.2) is 0 Å². The molecule has 1 N–H and O–H groups in total. The van der Waals surface area contributed by atoms with Crippen LogP contribution >= 0.6 is 0 Å². The third-order valence-electron chi connectivity index (χ3n) is 9.00. The van der Waals surface area contributed by atoms with Crippen LogP contribution in [0.3, 0.4) is 0 Å². The zero-order valence-corrected chi connectivity index (χ0v) is 23.4. The van der Waals surface area contributed by atoms with E-state index in [4.69, 9.17) is 9.47 Å². The number of fused-ring (bicyclic) bond motifs is 2. The van der Waals surface area contributed by atoms with Gasteiger partial charge in [0.1, 0.15) is 11.9 Å². The van der Waals surface area contributed by atoms with Crippen molar-refractivity contribution in [2.75, 3.05) is 7.11 Å². The fraction of sp³-hybridized carbons (Fsp3) is 0.457. The Bertz CT molecular complexity index is 1220. The maximum Gasteiger partial charge on any atom is 0.338 e. The molecule has 4 heteroatoms. The fourth-order valence-corrected chi connectivity index (χ4v) is 6.90. The molecule has 4 nitrogen and oxygen atoms in total. The molecule has 2 aliphatic rings. The maximum atomic E-state index is 13.3. The normalized spacial score (nSPS) is 22.5. The lowest BCUT2D eigenvalue weighted by atomic mass is 9.73. The van der Waals surface area contributed by atoms with Gasteiger partial charge >= 0.3 is 5.97 Å². The Kier molecular flexibility index (Phi) is 9.03. The first-order valence-corrected chi connectivity index (χ1v) is 14.8. The SMILES string of the molecule is CCCCC[C@H](O)CC[C@@H]1[C@H]2Cc3cccc(OC)c3C[C@H]2C[C@H]1OC(=O)c1ccc(-c2ccccc2)cc1. The summed E-state index contributed by atoms with van der Waals surface area (Å²) in [4.78, 5) is 13.3. The molecule has 39 heavy (non-hydrogen) atoms. The second kappa shape index (κ2) is 12.8. The van der Waals surface area contributed by atoms with E-state index in [1.165, 1.54) is 11.1 Å². The van der Waals surface area contributed by atoms with E-state index < -0.39 is 0 Å². The summed E-state index contributed by atoms with van der Waals surface area (Å²) in [6, 6.07) is 24.3. The molecular formula is C35H42O4. The van der Waals surface area contributed by atoms with Gasteiger partial charge in [-0.15, -0.1) is 0 Å². The molecule has 0 heterocycles. The first-order valence-electron chi connectivity index (χ1n) is 14.8. The predicted octanol–water partition coefficient (Wildman–Crippen LogP) is 7.66. The van der Waals surface area contributed by atoms with E-state index in [9.17, 15) is 9.90 Å². The van der Waals surface area contributed by atoms with Crippen LogP contribution < -0.4 is 4.74 Å². The number of esters is 1. The van der Waals surface area contributed by atoms with E-state index in [1.54, 1.807) is 7.11 Å². The van der Waals surface area contributed by atoms with E-state index in [-0.39, 0.29) is 24.1 Å². The van der Waals surface area contributed by atoms with E-state index in [2.05, 4.69) is 37.3 Å². The number of aliphatic hydroxyl groups is 1. The number of carbonyl (C=O) groups is 1. The van der Waals surface area contributed by atoms with Gasteiger partial charge in [0, 0.05) is 0 Å². The maximum absolute atomic E-state index is 13.3. The molecule has 5 rings (SSSR count). The minimum Gasteiger partial charge on any atom is -0.496 e. The second-order valence-electron chi connectivity index (χ2n) is 11.4. The topological polar surface area (TPSA) is 55.8 Å². The number of carbonyl (C=O) groups excluding carboxylic acids is 1. The van der Waals surface area contributed by atoms with Crippen molar-refractivity contribution in [3.05, 3.63) is 89.5 Å². The van der Waals surface area contributed by atoms with Crippen molar-refractivity contribution in [2.45, 2.75) is 76.9 Å². The van der Waals surface area contributed by atoms with Gasteiger partial charge in [0.25, 0.3) is 0 Å². The Morgan fingerprint density at radius 2 is 1.69 bits per heavy atom. The van der Waals surface area contributed by atoms with Crippen molar-refractivity contribution < 1.29 is 19.4 Å². The summed E-state index contributed by atoms with van der Waals surface area (Å²) in [5, 5.41) is 10.7. The molecule has 0 aliphatic heterocycles. The number of ether oxygens (including phenoxy) is 2. The van der Waals surface area contributed by atoms with Crippen LogP contribution in [0.5, 0.6) is 5.75 Å². The van der Waals surface area contributed by atoms with Crippen molar-refractivity contribution in [3.8, 4) is 16.9 Å². The van der Waals surface area contributed by atoms with Crippen LogP contribution in [0.15, 0.2) is 72.8 Å². The van der Waals surface area contributed by atoms with Crippen LogP contribution in [0.2, 0.25) is 0 Å². The first-order chi connectivity index (χ1) is 19.1. The molecule has 1 fully saturated rings. The van der Waals surface area contributed by atoms with Gasteiger partial charge in [-0.2, -0.15) is 0 Å². The van der Waals surface area contributed by atoms with Gasteiger partial charge in [-0.1, -0.05) is 80.8 Å². The minimum atomic E-state index is -0.284. The van der Waals surface area contributed by atoms with Crippen LogP contribution in [0.25, 0.3) is 11.1 Å². The Labute approximate surface area is 233 Å². The average molecular weight is 527 g/mol. The molecule has 0 bridgehead atoms. The molecule has 0 spiro atoms. The monoisotopic (exact) mass is 526 g/mol. The number of hydrogen-bond donors (Lipinski definition) is 1. The third-order valence-corrected chi connectivity index (χ3v) is 9.00. The lowest BCUT2D eigenvalue weighted by Crippen LogP contribution is -2.29. The van der Waals surface area contributed by atoms with E-state index in [0.29, 0.717) is 17.4 Å². The van der Waals surface area contributed by atoms with Crippen LogP contribution in [-0.4, -0.2) is 30.4 Å². The molecule has 5 atom stereocenters. The lowest BCUT2D eigenvalue weighted by Gasteiger charge is -2.32. The summed E-state index contributed by atoms with van der Waals surface area (Å²) < 4.78 is 12.0. The van der Waals surface area contributed by atoms with Crippen molar-refractivity contribution in [1.82, 2.24) is 0 Å². The highest BCUT2D eigenvalue weighted by atomic mass is 16.5. The number of unbranched alkanes of at least 4 members (excludes halogenated alkanes) is 2. The molecule has 0 radical (unpaired) electrons. The first kappa shape index (κ1) is 27.5. The van der Waals surface area contributed by atoms with Crippen LogP contribution in [-0.2, 0) is 17.6 Å². The zero-order chi connectivity index (χ0) is 27.2. The van der Waals surface area contributed by atoms with Crippen molar-refractivity contribution in [1.29, 1.82) is 0 Å². The summed E-state index contributed by atoms with van der Waals surface area (Å²) >= 11 is 0. The van der Waals surface area contributed by atoms with Crippen molar-refractivity contribution >= 4 is 5.97 Å². The Morgan fingerprint density at radius 1 is 0.923 bits per heavy atom. The molecule has 3 aromatic rings. The third kappa shape index (κ3) is 6.38. The Morgan fingerprint density at radius 3 is 2.44 bits per heavy atom. The summed E-state index contributed by atoms with van der Waals surface area (Å²) in [5.41, 5.74) is 5.47.